The van der Waals surface area contributed by atoms with E-state index in [2.05, 4.69) is 16.0 Å². The molecule has 3 aromatic carbocycles. The van der Waals surface area contributed by atoms with Crippen molar-refractivity contribution in [3.63, 3.8) is 0 Å². The molecule has 0 spiro atoms. The smallest absolute Gasteiger partial charge is 0.251 e. The summed E-state index contributed by atoms with van der Waals surface area (Å²) < 4.78 is 1.88. The van der Waals surface area contributed by atoms with E-state index in [-0.39, 0.29) is 11.8 Å². The van der Waals surface area contributed by atoms with Gasteiger partial charge in [-0.3, -0.25) is 9.59 Å². The standard InChI is InChI=1S/C27H29N5O2/c1-3-29-26(33)21-13-15-22(16-14-21)32-24-8-5-4-7-23(24)25(31-32)19-9-11-20(12-10-19)27(34)30-18-6-17-28-2/h4-5,7-16,28H,3,6,17-18H2,1-2H3,(H,29,33)(H,30,34). The first-order valence-electron chi connectivity index (χ1n) is 11.5. The van der Waals surface area contributed by atoms with Crippen LogP contribution in [0.5, 0.6) is 0 Å². The monoisotopic (exact) mass is 455 g/mol. The number of fused-ring (bicyclic) bond motifs is 1. The van der Waals surface area contributed by atoms with Crippen molar-refractivity contribution in [3.8, 4) is 16.9 Å². The molecule has 1 aromatic heterocycles. The van der Waals surface area contributed by atoms with E-state index in [1.54, 1.807) is 12.1 Å². The van der Waals surface area contributed by atoms with Gasteiger partial charge in [0.2, 0.25) is 0 Å². The highest BCUT2D eigenvalue weighted by Crippen LogP contribution is 2.30. The summed E-state index contributed by atoms with van der Waals surface area (Å²) in [6, 6.07) is 23.0. The lowest BCUT2D eigenvalue weighted by Crippen LogP contribution is -2.26. The zero-order valence-electron chi connectivity index (χ0n) is 19.5. The number of para-hydroxylation sites is 1. The minimum Gasteiger partial charge on any atom is -0.352 e. The van der Waals surface area contributed by atoms with Crippen LogP contribution in [0.4, 0.5) is 0 Å². The van der Waals surface area contributed by atoms with Crippen molar-refractivity contribution in [3.05, 3.63) is 83.9 Å². The third-order valence-electron chi connectivity index (χ3n) is 5.61. The van der Waals surface area contributed by atoms with Crippen LogP contribution in [0, 0.1) is 0 Å². The molecular formula is C27H29N5O2. The van der Waals surface area contributed by atoms with Crippen LogP contribution in [0.25, 0.3) is 27.8 Å². The molecule has 0 aliphatic rings. The van der Waals surface area contributed by atoms with Gasteiger partial charge in [-0.05, 0) is 69.4 Å². The van der Waals surface area contributed by atoms with Crippen molar-refractivity contribution < 1.29 is 9.59 Å². The first-order chi connectivity index (χ1) is 16.6. The average molecular weight is 456 g/mol. The summed E-state index contributed by atoms with van der Waals surface area (Å²) in [5.74, 6) is -0.170. The highest BCUT2D eigenvalue weighted by Gasteiger charge is 2.15. The van der Waals surface area contributed by atoms with E-state index in [0.29, 0.717) is 24.2 Å². The Balaban J connectivity index is 1.61. The summed E-state index contributed by atoms with van der Waals surface area (Å²) in [6.07, 6.45) is 0.883. The largest absolute Gasteiger partial charge is 0.352 e. The molecule has 0 radical (unpaired) electrons. The summed E-state index contributed by atoms with van der Waals surface area (Å²) in [5, 5.41) is 14.7. The minimum atomic E-state index is -0.0915. The lowest BCUT2D eigenvalue weighted by molar-refractivity contribution is 0.0946. The number of carbonyl (C=O) groups excluding carboxylic acids is 2. The van der Waals surface area contributed by atoms with Crippen molar-refractivity contribution in [2.24, 2.45) is 0 Å². The number of nitrogens with zero attached hydrogens (tertiary/aromatic N) is 2. The van der Waals surface area contributed by atoms with Gasteiger partial charge in [0.05, 0.1) is 11.2 Å². The van der Waals surface area contributed by atoms with Gasteiger partial charge in [-0.15, -0.1) is 0 Å². The maximum absolute atomic E-state index is 12.4. The molecule has 0 saturated heterocycles. The lowest BCUT2D eigenvalue weighted by Gasteiger charge is -2.06. The molecule has 34 heavy (non-hydrogen) atoms. The predicted molar refractivity (Wildman–Crippen MR) is 135 cm³/mol. The fourth-order valence-electron chi connectivity index (χ4n) is 3.84. The summed E-state index contributed by atoms with van der Waals surface area (Å²) in [4.78, 5) is 24.5. The molecule has 4 aromatic rings. The lowest BCUT2D eigenvalue weighted by atomic mass is 10.1. The molecule has 2 amide bonds. The average Bonchev–Trinajstić information content (AvgIpc) is 3.26. The van der Waals surface area contributed by atoms with E-state index in [9.17, 15) is 9.59 Å². The van der Waals surface area contributed by atoms with Gasteiger partial charge in [0.25, 0.3) is 11.8 Å². The Labute approximate surface area is 199 Å². The van der Waals surface area contributed by atoms with Crippen LogP contribution in [-0.2, 0) is 0 Å². The molecule has 0 aliphatic carbocycles. The molecule has 174 valence electrons. The summed E-state index contributed by atoms with van der Waals surface area (Å²) >= 11 is 0. The number of nitrogens with one attached hydrogen (secondary N) is 3. The van der Waals surface area contributed by atoms with Crippen LogP contribution >= 0.6 is 0 Å². The molecule has 0 bridgehead atoms. The Hall–Kier alpha value is -3.97. The molecule has 0 fully saturated rings. The third-order valence-corrected chi connectivity index (χ3v) is 5.61. The van der Waals surface area contributed by atoms with E-state index >= 15 is 0 Å². The maximum Gasteiger partial charge on any atom is 0.251 e. The van der Waals surface area contributed by atoms with Gasteiger partial charge >= 0.3 is 0 Å². The van der Waals surface area contributed by atoms with Crippen LogP contribution in [-0.4, -0.2) is 48.3 Å². The quantitative estimate of drug-likeness (QED) is 0.335. The molecule has 3 N–H and O–H groups in total. The summed E-state index contributed by atoms with van der Waals surface area (Å²) in [6.45, 7) is 3.98. The predicted octanol–water partition coefficient (Wildman–Crippen LogP) is 3.78. The van der Waals surface area contributed by atoms with Gasteiger partial charge in [0, 0.05) is 35.2 Å². The number of hydrogen-bond acceptors (Lipinski definition) is 4. The molecular weight excluding hydrogens is 426 g/mol. The fourth-order valence-corrected chi connectivity index (χ4v) is 3.84. The topological polar surface area (TPSA) is 88.0 Å². The van der Waals surface area contributed by atoms with Gasteiger partial charge in [-0.1, -0.05) is 30.3 Å². The Bertz CT molecular complexity index is 1280. The number of hydrogen-bond donors (Lipinski definition) is 3. The van der Waals surface area contributed by atoms with Crippen LogP contribution in [0.3, 0.4) is 0 Å². The van der Waals surface area contributed by atoms with E-state index in [4.69, 9.17) is 5.10 Å². The van der Waals surface area contributed by atoms with E-state index in [1.165, 1.54) is 0 Å². The molecule has 7 nitrogen and oxygen atoms in total. The van der Waals surface area contributed by atoms with Gasteiger partial charge in [0.1, 0.15) is 5.69 Å². The van der Waals surface area contributed by atoms with Gasteiger partial charge < -0.3 is 16.0 Å². The number of rotatable bonds is 9. The van der Waals surface area contributed by atoms with Gasteiger partial charge in [-0.25, -0.2) is 4.68 Å². The van der Waals surface area contributed by atoms with E-state index in [1.807, 2.05) is 79.3 Å². The number of amides is 2. The number of benzene rings is 3. The molecule has 0 atom stereocenters. The Morgan fingerprint density at radius 2 is 1.47 bits per heavy atom. The van der Waals surface area contributed by atoms with Gasteiger partial charge in [-0.2, -0.15) is 5.10 Å². The SMILES string of the molecule is CCNC(=O)c1ccc(-n2nc(-c3ccc(C(=O)NCCCNC)cc3)c3ccccc32)cc1. The molecule has 0 unspecified atom stereocenters. The number of carbonyl (C=O) groups is 2. The van der Waals surface area contributed by atoms with Crippen molar-refractivity contribution in [1.82, 2.24) is 25.7 Å². The molecule has 0 saturated carbocycles. The highest BCUT2D eigenvalue weighted by atomic mass is 16.2. The fraction of sp³-hybridized carbons (Fsp3) is 0.222. The third kappa shape index (κ3) is 5.00. The van der Waals surface area contributed by atoms with Crippen LogP contribution in [0.15, 0.2) is 72.8 Å². The molecule has 4 rings (SSSR count). The second-order valence-electron chi connectivity index (χ2n) is 7.97. The second kappa shape index (κ2) is 10.8. The van der Waals surface area contributed by atoms with E-state index < -0.39 is 0 Å². The Morgan fingerprint density at radius 3 is 2.15 bits per heavy atom. The van der Waals surface area contributed by atoms with E-state index in [0.717, 1.165) is 40.8 Å². The van der Waals surface area contributed by atoms with Crippen molar-refractivity contribution in [1.29, 1.82) is 0 Å². The first-order valence-corrected chi connectivity index (χ1v) is 11.5. The van der Waals surface area contributed by atoms with Crippen LogP contribution in [0.1, 0.15) is 34.1 Å². The molecule has 7 heteroatoms. The zero-order valence-corrected chi connectivity index (χ0v) is 19.5. The van der Waals surface area contributed by atoms with Gasteiger partial charge in [0.15, 0.2) is 0 Å². The summed E-state index contributed by atoms with van der Waals surface area (Å²) in [5.41, 5.74) is 4.84. The van der Waals surface area contributed by atoms with Crippen LogP contribution < -0.4 is 16.0 Å². The van der Waals surface area contributed by atoms with Crippen molar-refractivity contribution in [2.45, 2.75) is 13.3 Å². The normalized spacial score (nSPS) is 10.9. The van der Waals surface area contributed by atoms with Crippen LogP contribution in [0.2, 0.25) is 0 Å². The van der Waals surface area contributed by atoms with Crippen molar-refractivity contribution in [2.75, 3.05) is 26.7 Å². The molecule has 1 heterocycles. The zero-order chi connectivity index (χ0) is 23.9. The number of aromatic nitrogens is 2. The Kier molecular flexibility index (Phi) is 7.34. The first kappa shape index (κ1) is 23.2. The van der Waals surface area contributed by atoms with Crippen molar-refractivity contribution >= 4 is 22.7 Å². The summed E-state index contributed by atoms with van der Waals surface area (Å²) in [7, 11) is 1.90. The maximum atomic E-state index is 12.4. The highest BCUT2D eigenvalue weighted by molar-refractivity contribution is 5.97. The molecule has 0 aliphatic heterocycles. The Morgan fingerprint density at radius 1 is 0.824 bits per heavy atom. The second-order valence-corrected chi connectivity index (χ2v) is 7.97. The minimum absolute atomic E-state index is 0.0785.